The zero-order valence-electron chi connectivity index (χ0n) is 12.4. The third-order valence-electron chi connectivity index (χ3n) is 3.37. The summed E-state index contributed by atoms with van der Waals surface area (Å²) < 4.78 is 1.92. The highest BCUT2D eigenvalue weighted by Crippen LogP contribution is 2.28. The predicted molar refractivity (Wildman–Crippen MR) is 88.8 cm³/mol. The molecule has 0 spiro atoms. The van der Waals surface area contributed by atoms with Gasteiger partial charge in [0.2, 0.25) is 0 Å². The van der Waals surface area contributed by atoms with Gasteiger partial charge in [-0.3, -0.25) is 4.68 Å². The Balaban J connectivity index is 1.90. The second-order valence-electron chi connectivity index (χ2n) is 4.98. The molecule has 0 bridgehead atoms. The highest BCUT2D eigenvalue weighted by molar-refractivity contribution is 7.98. The van der Waals surface area contributed by atoms with Crippen LogP contribution in [0.1, 0.15) is 11.3 Å². The van der Waals surface area contributed by atoms with E-state index in [9.17, 15) is 0 Å². The summed E-state index contributed by atoms with van der Waals surface area (Å²) in [5.41, 5.74) is 3.28. The molecular weight excluding hydrogens is 280 g/mol. The molecule has 2 heterocycles. The molecule has 0 fully saturated rings. The Morgan fingerprint density at radius 1 is 1.24 bits per heavy atom. The third-order valence-corrected chi connectivity index (χ3v) is 4.51. The third kappa shape index (κ3) is 2.88. The van der Waals surface area contributed by atoms with Gasteiger partial charge in [-0.25, -0.2) is 4.98 Å². The zero-order chi connectivity index (χ0) is 14.8. The molecule has 3 rings (SSSR count). The number of hydrogen-bond donors (Lipinski definition) is 1. The minimum absolute atomic E-state index is 0.868. The van der Waals surface area contributed by atoms with E-state index in [-0.39, 0.29) is 0 Å². The van der Waals surface area contributed by atoms with Crippen molar-refractivity contribution in [2.24, 2.45) is 7.05 Å². The van der Waals surface area contributed by atoms with Gasteiger partial charge < -0.3 is 5.32 Å². The summed E-state index contributed by atoms with van der Waals surface area (Å²) in [7, 11) is 3.90. The fourth-order valence-electron chi connectivity index (χ4n) is 2.36. The van der Waals surface area contributed by atoms with Crippen LogP contribution in [0.3, 0.4) is 0 Å². The van der Waals surface area contributed by atoms with Crippen molar-refractivity contribution in [3.8, 4) is 0 Å². The number of thioether (sulfide) groups is 1. The van der Waals surface area contributed by atoms with Crippen molar-refractivity contribution in [3.63, 3.8) is 0 Å². The van der Waals surface area contributed by atoms with Gasteiger partial charge in [0.25, 0.3) is 0 Å². The number of fused-ring (bicyclic) bond motifs is 1. The van der Waals surface area contributed by atoms with Gasteiger partial charge in [0.15, 0.2) is 0 Å². The van der Waals surface area contributed by atoms with E-state index in [1.165, 1.54) is 16.0 Å². The standard InChI is InChI=1S/C16H18N4S/c1-11-8-15(20(3)19-11)21-10-13-9-12-6-4-5-7-14(12)18-16(13)17-2/h4-9H,10H2,1-3H3,(H,17,18). The summed E-state index contributed by atoms with van der Waals surface area (Å²) in [4.78, 5) is 4.69. The molecule has 0 atom stereocenters. The lowest BCUT2D eigenvalue weighted by atomic mass is 10.1. The van der Waals surface area contributed by atoms with Gasteiger partial charge in [0, 0.05) is 30.8 Å². The Hall–Kier alpha value is -2.01. The number of anilines is 1. The van der Waals surface area contributed by atoms with E-state index in [0.29, 0.717) is 0 Å². The number of rotatable bonds is 4. The molecule has 0 amide bonds. The second-order valence-corrected chi connectivity index (χ2v) is 5.97. The van der Waals surface area contributed by atoms with Crippen LogP contribution < -0.4 is 5.32 Å². The fourth-order valence-corrected chi connectivity index (χ4v) is 3.36. The molecule has 2 aromatic heterocycles. The molecule has 0 saturated heterocycles. The van der Waals surface area contributed by atoms with Crippen LogP contribution in [0.25, 0.3) is 10.9 Å². The van der Waals surface area contributed by atoms with Crippen molar-refractivity contribution in [2.45, 2.75) is 17.7 Å². The van der Waals surface area contributed by atoms with E-state index >= 15 is 0 Å². The number of aryl methyl sites for hydroxylation is 2. The smallest absolute Gasteiger partial charge is 0.130 e. The van der Waals surface area contributed by atoms with Gasteiger partial charge >= 0.3 is 0 Å². The number of para-hydroxylation sites is 1. The highest BCUT2D eigenvalue weighted by Gasteiger charge is 2.08. The number of pyridine rings is 1. The Morgan fingerprint density at radius 2 is 2.05 bits per heavy atom. The normalized spacial score (nSPS) is 11.0. The number of aromatic nitrogens is 3. The van der Waals surface area contributed by atoms with Crippen LogP contribution in [0.2, 0.25) is 0 Å². The number of nitrogens with zero attached hydrogens (tertiary/aromatic N) is 3. The molecule has 0 radical (unpaired) electrons. The molecule has 5 heteroatoms. The van der Waals surface area contributed by atoms with Crippen molar-refractivity contribution in [2.75, 3.05) is 12.4 Å². The van der Waals surface area contributed by atoms with E-state index in [0.717, 1.165) is 22.8 Å². The Morgan fingerprint density at radius 3 is 2.76 bits per heavy atom. The molecule has 108 valence electrons. The first-order chi connectivity index (χ1) is 10.2. The second kappa shape index (κ2) is 5.77. The molecule has 1 N–H and O–H groups in total. The lowest BCUT2D eigenvalue weighted by Crippen LogP contribution is -1.99. The summed E-state index contributed by atoms with van der Waals surface area (Å²) in [5, 5.41) is 9.92. The monoisotopic (exact) mass is 298 g/mol. The molecule has 0 saturated carbocycles. The average molecular weight is 298 g/mol. The van der Waals surface area contributed by atoms with Crippen LogP contribution in [0.4, 0.5) is 5.82 Å². The topological polar surface area (TPSA) is 42.7 Å². The van der Waals surface area contributed by atoms with Crippen molar-refractivity contribution in [1.29, 1.82) is 0 Å². The first-order valence-electron chi connectivity index (χ1n) is 6.87. The van der Waals surface area contributed by atoms with Crippen LogP contribution in [0, 0.1) is 6.92 Å². The van der Waals surface area contributed by atoms with Gasteiger partial charge in [-0.1, -0.05) is 18.2 Å². The van der Waals surface area contributed by atoms with Crippen LogP contribution in [-0.2, 0) is 12.8 Å². The van der Waals surface area contributed by atoms with Crippen molar-refractivity contribution >= 4 is 28.5 Å². The van der Waals surface area contributed by atoms with Gasteiger partial charge in [0.05, 0.1) is 16.2 Å². The van der Waals surface area contributed by atoms with E-state index in [4.69, 9.17) is 0 Å². The van der Waals surface area contributed by atoms with E-state index in [1.807, 2.05) is 43.9 Å². The first-order valence-corrected chi connectivity index (χ1v) is 7.86. The molecule has 0 unspecified atom stereocenters. The maximum absolute atomic E-state index is 4.69. The molecule has 21 heavy (non-hydrogen) atoms. The average Bonchev–Trinajstić information content (AvgIpc) is 2.82. The summed E-state index contributed by atoms with van der Waals surface area (Å²) in [5.74, 6) is 1.81. The van der Waals surface area contributed by atoms with E-state index in [1.54, 1.807) is 11.8 Å². The van der Waals surface area contributed by atoms with Gasteiger partial charge in [-0.05, 0) is 25.1 Å². The first kappa shape index (κ1) is 13.9. The maximum Gasteiger partial charge on any atom is 0.130 e. The summed E-state index contributed by atoms with van der Waals surface area (Å²) >= 11 is 1.78. The summed E-state index contributed by atoms with van der Waals surface area (Å²) in [6.45, 7) is 2.01. The number of nitrogens with one attached hydrogen (secondary N) is 1. The van der Waals surface area contributed by atoms with Gasteiger partial charge in [0.1, 0.15) is 5.82 Å². The molecule has 1 aromatic carbocycles. The van der Waals surface area contributed by atoms with Crippen LogP contribution >= 0.6 is 11.8 Å². The zero-order valence-corrected chi connectivity index (χ0v) is 13.2. The van der Waals surface area contributed by atoms with E-state index in [2.05, 4.69) is 33.6 Å². The highest BCUT2D eigenvalue weighted by atomic mass is 32.2. The van der Waals surface area contributed by atoms with Crippen LogP contribution in [0.5, 0.6) is 0 Å². The summed E-state index contributed by atoms with van der Waals surface area (Å²) in [6, 6.07) is 12.5. The van der Waals surface area contributed by atoms with Gasteiger partial charge in [-0.2, -0.15) is 5.10 Å². The van der Waals surface area contributed by atoms with Crippen molar-refractivity contribution in [3.05, 3.63) is 47.7 Å². The largest absolute Gasteiger partial charge is 0.373 e. The molecule has 4 nitrogen and oxygen atoms in total. The molecular formula is C16H18N4S. The SMILES string of the molecule is CNc1nc2ccccc2cc1CSc1cc(C)nn1C. The maximum atomic E-state index is 4.69. The molecule has 0 aliphatic carbocycles. The summed E-state index contributed by atoms with van der Waals surface area (Å²) in [6.07, 6.45) is 0. The number of benzene rings is 1. The minimum Gasteiger partial charge on any atom is -0.373 e. The van der Waals surface area contributed by atoms with Gasteiger partial charge in [-0.15, -0.1) is 11.8 Å². The van der Waals surface area contributed by atoms with Crippen LogP contribution in [-0.4, -0.2) is 21.8 Å². The predicted octanol–water partition coefficient (Wildman–Crippen LogP) is 3.61. The van der Waals surface area contributed by atoms with E-state index < -0.39 is 0 Å². The Kier molecular flexibility index (Phi) is 3.84. The fraction of sp³-hybridized carbons (Fsp3) is 0.250. The lowest BCUT2D eigenvalue weighted by Gasteiger charge is -2.10. The van der Waals surface area contributed by atoms with Crippen LogP contribution in [0.15, 0.2) is 41.4 Å². The lowest BCUT2D eigenvalue weighted by molar-refractivity contribution is 0.692. The molecule has 0 aliphatic rings. The Bertz CT molecular complexity index is 779. The number of hydrogen-bond acceptors (Lipinski definition) is 4. The van der Waals surface area contributed by atoms with Crippen molar-refractivity contribution in [1.82, 2.24) is 14.8 Å². The quantitative estimate of drug-likeness (QED) is 0.747. The Labute approximate surface area is 128 Å². The van der Waals surface area contributed by atoms with Crippen molar-refractivity contribution < 1.29 is 0 Å². The minimum atomic E-state index is 0.868. The molecule has 0 aliphatic heterocycles. The molecule has 3 aromatic rings.